The van der Waals surface area contributed by atoms with E-state index in [0.717, 1.165) is 49.6 Å². The zero-order chi connectivity index (χ0) is 20.4. The Morgan fingerprint density at radius 3 is 2.76 bits per heavy atom. The average Bonchev–Trinajstić information content (AvgIpc) is 3.35. The number of primary amides is 1. The van der Waals surface area contributed by atoms with Crippen molar-refractivity contribution in [2.24, 2.45) is 12.8 Å². The van der Waals surface area contributed by atoms with Gasteiger partial charge in [-0.2, -0.15) is 5.10 Å². The molecule has 4 rings (SSSR count). The van der Waals surface area contributed by atoms with Gasteiger partial charge in [0.05, 0.1) is 12.8 Å². The molecule has 0 spiro atoms. The number of nitrogens with one attached hydrogen (secondary N) is 1. The molecule has 29 heavy (non-hydrogen) atoms. The summed E-state index contributed by atoms with van der Waals surface area (Å²) in [5.74, 6) is 1.29. The van der Waals surface area contributed by atoms with E-state index in [9.17, 15) is 4.79 Å². The van der Waals surface area contributed by atoms with E-state index in [2.05, 4.69) is 15.0 Å². The number of piperidine rings is 1. The molecule has 8 heteroatoms. The summed E-state index contributed by atoms with van der Waals surface area (Å²) in [6.45, 7) is 2.76. The number of likely N-dealkylation sites (tertiary alicyclic amines) is 1. The fourth-order valence-electron chi connectivity index (χ4n) is 3.93. The third-order valence-corrected chi connectivity index (χ3v) is 5.53. The minimum atomic E-state index is -0.503. The van der Waals surface area contributed by atoms with Gasteiger partial charge in [0, 0.05) is 37.8 Å². The van der Waals surface area contributed by atoms with Gasteiger partial charge >= 0.3 is 0 Å². The summed E-state index contributed by atoms with van der Waals surface area (Å²) in [6, 6.07) is 9.53. The number of hydrogen-bond donors (Lipinski definition) is 2. The number of benzene rings is 1. The highest BCUT2D eigenvalue weighted by molar-refractivity contribution is 5.97. The second-order valence-corrected chi connectivity index (χ2v) is 7.46. The van der Waals surface area contributed by atoms with Crippen molar-refractivity contribution in [3.63, 3.8) is 0 Å². The Morgan fingerprint density at radius 1 is 1.31 bits per heavy atom. The van der Waals surface area contributed by atoms with Gasteiger partial charge in [-0.1, -0.05) is 0 Å². The van der Waals surface area contributed by atoms with Gasteiger partial charge in [-0.3, -0.25) is 14.4 Å². The van der Waals surface area contributed by atoms with E-state index in [1.807, 2.05) is 48.3 Å². The number of imidazole rings is 1. The zero-order valence-electron chi connectivity index (χ0n) is 16.8. The predicted molar refractivity (Wildman–Crippen MR) is 110 cm³/mol. The molecule has 0 saturated carbocycles. The van der Waals surface area contributed by atoms with Crippen molar-refractivity contribution in [1.29, 1.82) is 0 Å². The lowest BCUT2D eigenvalue weighted by Gasteiger charge is -2.31. The third-order valence-electron chi connectivity index (χ3n) is 5.53. The molecule has 1 atom stereocenters. The molecule has 1 saturated heterocycles. The number of amides is 1. The molecule has 3 aromatic rings. The first-order chi connectivity index (χ1) is 14.0. The molecule has 1 fully saturated rings. The number of rotatable bonds is 6. The van der Waals surface area contributed by atoms with Crippen molar-refractivity contribution in [2.75, 3.05) is 20.2 Å². The van der Waals surface area contributed by atoms with E-state index >= 15 is 0 Å². The Bertz CT molecular complexity index is 991. The lowest BCUT2D eigenvalue weighted by molar-refractivity contribution is 0.0996. The predicted octanol–water partition coefficient (Wildman–Crippen LogP) is 2.30. The Balaban J connectivity index is 1.57. The average molecular weight is 394 g/mol. The Kier molecular flexibility index (Phi) is 5.35. The van der Waals surface area contributed by atoms with Gasteiger partial charge in [0.2, 0.25) is 0 Å². The monoisotopic (exact) mass is 394 g/mol. The summed E-state index contributed by atoms with van der Waals surface area (Å²) >= 11 is 0. The minimum Gasteiger partial charge on any atom is -0.497 e. The van der Waals surface area contributed by atoms with Crippen LogP contribution in [0.15, 0.2) is 36.5 Å². The molecule has 0 radical (unpaired) electrons. The van der Waals surface area contributed by atoms with E-state index in [0.29, 0.717) is 11.4 Å². The molecule has 1 aliphatic rings. The summed E-state index contributed by atoms with van der Waals surface area (Å²) < 4.78 is 7.12. The van der Waals surface area contributed by atoms with Gasteiger partial charge in [0.25, 0.3) is 5.91 Å². The van der Waals surface area contributed by atoms with Crippen LogP contribution >= 0.6 is 0 Å². The van der Waals surface area contributed by atoms with Gasteiger partial charge in [0.15, 0.2) is 0 Å². The largest absolute Gasteiger partial charge is 0.497 e. The molecule has 1 amide bonds. The van der Waals surface area contributed by atoms with Crippen LogP contribution in [0, 0.1) is 0 Å². The quantitative estimate of drug-likeness (QED) is 0.668. The van der Waals surface area contributed by atoms with Crippen LogP contribution < -0.4 is 10.5 Å². The van der Waals surface area contributed by atoms with Crippen molar-refractivity contribution in [2.45, 2.75) is 25.3 Å². The fraction of sp³-hybridized carbons (Fsp3) is 0.381. The van der Waals surface area contributed by atoms with E-state index in [4.69, 9.17) is 15.5 Å². The maximum atomic E-state index is 12.0. The van der Waals surface area contributed by atoms with Crippen LogP contribution in [-0.2, 0) is 13.6 Å². The summed E-state index contributed by atoms with van der Waals surface area (Å²) in [5, 5.41) is 4.25. The van der Waals surface area contributed by atoms with Gasteiger partial charge in [-0.15, -0.1) is 0 Å². The maximum Gasteiger partial charge on any atom is 0.267 e. The number of H-pyrrole nitrogens is 1. The number of nitrogens with zero attached hydrogens (tertiary/aromatic N) is 4. The number of hydrogen-bond acceptors (Lipinski definition) is 5. The first-order valence-corrected chi connectivity index (χ1v) is 9.78. The van der Waals surface area contributed by atoms with Gasteiger partial charge in [0.1, 0.15) is 23.0 Å². The van der Waals surface area contributed by atoms with Gasteiger partial charge in [-0.25, -0.2) is 4.98 Å². The van der Waals surface area contributed by atoms with E-state index in [1.165, 1.54) is 5.69 Å². The molecule has 0 bridgehead atoms. The van der Waals surface area contributed by atoms with Gasteiger partial charge < -0.3 is 15.5 Å². The molecule has 8 nitrogen and oxygen atoms in total. The van der Waals surface area contributed by atoms with Crippen LogP contribution in [0.25, 0.3) is 11.3 Å². The fourth-order valence-corrected chi connectivity index (χ4v) is 3.93. The molecular formula is C21H26N6O2. The molecule has 1 aliphatic heterocycles. The number of carbonyl (C=O) groups is 1. The maximum absolute atomic E-state index is 12.0. The Hall–Kier alpha value is -3.13. The highest BCUT2D eigenvalue weighted by Crippen LogP contribution is 2.30. The molecule has 3 N–H and O–H groups in total. The van der Waals surface area contributed by atoms with Gasteiger partial charge in [-0.05, 0) is 49.7 Å². The van der Waals surface area contributed by atoms with Crippen LogP contribution in [0.2, 0.25) is 0 Å². The van der Waals surface area contributed by atoms with E-state index in [-0.39, 0.29) is 5.92 Å². The smallest absolute Gasteiger partial charge is 0.267 e. The van der Waals surface area contributed by atoms with Crippen molar-refractivity contribution in [3.05, 3.63) is 53.7 Å². The molecule has 2 aromatic heterocycles. The van der Waals surface area contributed by atoms with Crippen LogP contribution in [0.4, 0.5) is 0 Å². The van der Waals surface area contributed by atoms with Crippen molar-refractivity contribution < 1.29 is 9.53 Å². The SMILES string of the molecule is COc1ccc(-c2nc(C3CCCN(Cc4ccnn4C)C3)[nH]c2C(N)=O)cc1. The second-order valence-electron chi connectivity index (χ2n) is 7.46. The third kappa shape index (κ3) is 4.02. The zero-order valence-corrected chi connectivity index (χ0v) is 16.8. The molecule has 3 heterocycles. The normalized spacial score (nSPS) is 17.4. The van der Waals surface area contributed by atoms with E-state index in [1.54, 1.807) is 7.11 Å². The number of ether oxygens (including phenoxy) is 1. The molecule has 1 aromatic carbocycles. The summed E-state index contributed by atoms with van der Waals surface area (Å²) in [5.41, 5.74) is 8.60. The lowest BCUT2D eigenvalue weighted by Crippen LogP contribution is -2.34. The number of carbonyl (C=O) groups excluding carboxylic acids is 1. The highest BCUT2D eigenvalue weighted by Gasteiger charge is 2.27. The summed E-state index contributed by atoms with van der Waals surface area (Å²) in [4.78, 5) is 22.4. The highest BCUT2D eigenvalue weighted by atomic mass is 16.5. The number of aromatic nitrogens is 4. The molecular weight excluding hydrogens is 368 g/mol. The molecule has 0 aliphatic carbocycles. The van der Waals surface area contributed by atoms with Crippen LogP contribution in [0.3, 0.4) is 0 Å². The second kappa shape index (κ2) is 8.08. The number of aryl methyl sites for hydroxylation is 1. The first kappa shape index (κ1) is 19.2. The van der Waals surface area contributed by atoms with E-state index < -0.39 is 5.91 Å². The minimum absolute atomic E-state index is 0.224. The van der Waals surface area contributed by atoms with Crippen molar-refractivity contribution >= 4 is 5.91 Å². The van der Waals surface area contributed by atoms with Crippen molar-refractivity contribution in [1.82, 2.24) is 24.6 Å². The van der Waals surface area contributed by atoms with Crippen LogP contribution in [0.1, 0.15) is 40.8 Å². The molecule has 1 unspecified atom stereocenters. The standard InChI is InChI=1S/C21H26N6O2/c1-26-16(9-10-23-26)13-27-11-3-4-15(12-27)21-24-18(19(25-21)20(22)28)14-5-7-17(29-2)8-6-14/h5-10,15H,3-4,11-13H2,1-2H3,(H2,22,28)(H,24,25). The number of nitrogens with two attached hydrogens (primary N) is 1. The Morgan fingerprint density at radius 2 is 2.10 bits per heavy atom. The number of methoxy groups -OCH3 is 1. The summed E-state index contributed by atoms with van der Waals surface area (Å²) in [7, 11) is 3.58. The van der Waals surface area contributed by atoms with Crippen molar-refractivity contribution in [3.8, 4) is 17.0 Å². The number of aromatic amines is 1. The topological polar surface area (TPSA) is 102 Å². The Labute approximate surface area is 169 Å². The van der Waals surface area contributed by atoms with Crippen LogP contribution in [-0.4, -0.2) is 50.8 Å². The van der Waals surface area contributed by atoms with Crippen LogP contribution in [0.5, 0.6) is 5.75 Å². The molecule has 152 valence electrons. The first-order valence-electron chi connectivity index (χ1n) is 9.78. The summed E-state index contributed by atoms with van der Waals surface area (Å²) in [6.07, 6.45) is 3.92. The lowest BCUT2D eigenvalue weighted by atomic mass is 9.97.